The second kappa shape index (κ2) is 5.17. The lowest BCUT2D eigenvalue weighted by atomic mass is 9.92. The van der Waals surface area contributed by atoms with E-state index in [1.54, 1.807) is 0 Å². The molecular weight excluding hydrogens is 200 g/mol. The molecule has 1 aliphatic carbocycles. The maximum atomic E-state index is 12.0. The Morgan fingerprint density at radius 1 is 1.44 bits per heavy atom. The molecule has 2 fully saturated rings. The fraction of sp³-hybridized carbons (Fsp3) is 0.923. The number of rotatable bonds is 4. The third-order valence-electron chi connectivity index (χ3n) is 3.90. The predicted octanol–water partition coefficient (Wildman–Crippen LogP) is 1.68. The van der Waals surface area contributed by atoms with Crippen molar-refractivity contribution in [1.82, 2.24) is 10.6 Å². The lowest BCUT2D eigenvalue weighted by Crippen LogP contribution is -2.43. The summed E-state index contributed by atoms with van der Waals surface area (Å²) in [6, 6.07) is 0.993. The summed E-state index contributed by atoms with van der Waals surface area (Å²) < 4.78 is 0. The highest BCUT2D eigenvalue weighted by Crippen LogP contribution is 2.35. The summed E-state index contributed by atoms with van der Waals surface area (Å²) in [5.74, 6) is 1.32. The Labute approximate surface area is 98.4 Å². The van der Waals surface area contributed by atoms with Gasteiger partial charge in [0, 0.05) is 18.0 Å². The van der Waals surface area contributed by atoms with Crippen LogP contribution in [0.25, 0.3) is 0 Å². The van der Waals surface area contributed by atoms with Gasteiger partial charge in [0.15, 0.2) is 0 Å². The molecule has 2 N–H and O–H groups in total. The van der Waals surface area contributed by atoms with E-state index in [-0.39, 0.29) is 5.92 Å². The molecule has 4 atom stereocenters. The van der Waals surface area contributed by atoms with E-state index in [2.05, 4.69) is 24.5 Å². The van der Waals surface area contributed by atoms with Crippen molar-refractivity contribution in [3.63, 3.8) is 0 Å². The van der Waals surface area contributed by atoms with E-state index in [1.165, 1.54) is 19.3 Å². The Kier molecular flexibility index (Phi) is 3.85. The third-order valence-corrected chi connectivity index (χ3v) is 3.90. The molecule has 3 nitrogen and oxygen atoms in total. The molecule has 3 heteroatoms. The molecule has 2 aliphatic rings. The molecule has 0 aromatic heterocycles. The zero-order valence-electron chi connectivity index (χ0n) is 10.5. The minimum atomic E-state index is 0.249. The van der Waals surface area contributed by atoms with Crippen LogP contribution in [0.1, 0.15) is 46.0 Å². The maximum absolute atomic E-state index is 12.0. The Hall–Kier alpha value is -0.570. The molecule has 1 saturated heterocycles. The van der Waals surface area contributed by atoms with Crippen LogP contribution in [0.15, 0.2) is 0 Å². The number of nitrogens with one attached hydrogen (secondary N) is 2. The smallest absolute Gasteiger partial charge is 0.223 e. The van der Waals surface area contributed by atoms with Gasteiger partial charge in [-0.2, -0.15) is 0 Å². The second-order valence-electron chi connectivity index (χ2n) is 5.48. The van der Waals surface area contributed by atoms with Crippen LogP contribution in [-0.2, 0) is 4.79 Å². The van der Waals surface area contributed by atoms with Crippen LogP contribution in [0, 0.1) is 11.8 Å². The number of carbonyl (C=O) groups excluding carboxylic acids is 1. The van der Waals surface area contributed by atoms with Gasteiger partial charge in [0.2, 0.25) is 5.91 Å². The van der Waals surface area contributed by atoms with Crippen LogP contribution in [0.2, 0.25) is 0 Å². The van der Waals surface area contributed by atoms with E-state index in [9.17, 15) is 4.79 Å². The van der Waals surface area contributed by atoms with Crippen molar-refractivity contribution in [2.24, 2.45) is 11.8 Å². The molecule has 0 spiro atoms. The van der Waals surface area contributed by atoms with Gasteiger partial charge in [-0.1, -0.05) is 13.3 Å². The monoisotopic (exact) mass is 224 g/mol. The molecule has 1 aliphatic heterocycles. The van der Waals surface area contributed by atoms with Crippen molar-refractivity contribution in [2.75, 3.05) is 6.54 Å². The van der Waals surface area contributed by atoms with Gasteiger partial charge in [-0.3, -0.25) is 4.79 Å². The summed E-state index contributed by atoms with van der Waals surface area (Å²) in [6.45, 7) is 5.37. The first-order valence-corrected chi connectivity index (χ1v) is 6.74. The molecule has 1 amide bonds. The molecule has 0 aromatic rings. The fourth-order valence-corrected chi connectivity index (χ4v) is 2.78. The number of piperidine rings is 1. The van der Waals surface area contributed by atoms with Gasteiger partial charge in [-0.25, -0.2) is 0 Å². The molecule has 2 rings (SSSR count). The van der Waals surface area contributed by atoms with Crippen molar-refractivity contribution in [3.8, 4) is 0 Å². The lowest BCUT2D eigenvalue weighted by Gasteiger charge is -2.27. The van der Waals surface area contributed by atoms with E-state index in [1.807, 2.05) is 0 Å². The van der Waals surface area contributed by atoms with Crippen LogP contribution in [0.4, 0.5) is 0 Å². The van der Waals surface area contributed by atoms with Crippen molar-refractivity contribution in [2.45, 2.75) is 58.0 Å². The van der Waals surface area contributed by atoms with Gasteiger partial charge in [0.05, 0.1) is 0 Å². The average Bonchev–Trinajstić information content (AvgIpc) is 2.97. The molecule has 4 unspecified atom stereocenters. The second-order valence-corrected chi connectivity index (χ2v) is 5.48. The highest BCUT2D eigenvalue weighted by atomic mass is 16.2. The summed E-state index contributed by atoms with van der Waals surface area (Å²) in [4.78, 5) is 12.0. The molecule has 0 aromatic carbocycles. The molecule has 1 heterocycles. The van der Waals surface area contributed by atoms with Gasteiger partial charge >= 0.3 is 0 Å². The molecule has 1 saturated carbocycles. The third kappa shape index (κ3) is 2.97. The van der Waals surface area contributed by atoms with Gasteiger partial charge in [-0.15, -0.1) is 0 Å². The van der Waals surface area contributed by atoms with E-state index in [0.29, 0.717) is 18.0 Å². The zero-order valence-corrected chi connectivity index (χ0v) is 10.5. The van der Waals surface area contributed by atoms with E-state index < -0.39 is 0 Å². The first kappa shape index (κ1) is 11.9. The van der Waals surface area contributed by atoms with E-state index >= 15 is 0 Å². The van der Waals surface area contributed by atoms with Crippen molar-refractivity contribution < 1.29 is 4.79 Å². The first-order valence-electron chi connectivity index (χ1n) is 6.74. The minimum absolute atomic E-state index is 0.249. The molecule has 16 heavy (non-hydrogen) atoms. The normalized spacial score (nSPS) is 38.1. The number of hydrogen-bond acceptors (Lipinski definition) is 2. The topological polar surface area (TPSA) is 41.1 Å². The van der Waals surface area contributed by atoms with Crippen LogP contribution < -0.4 is 10.6 Å². The maximum Gasteiger partial charge on any atom is 0.223 e. The predicted molar refractivity (Wildman–Crippen MR) is 65.1 cm³/mol. The van der Waals surface area contributed by atoms with Crippen molar-refractivity contribution >= 4 is 5.91 Å². The van der Waals surface area contributed by atoms with Gasteiger partial charge in [0.25, 0.3) is 0 Å². The first-order chi connectivity index (χ1) is 7.70. The summed E-state index contributed by atoms with van der Waals surface area (Å²) in [7, 11) is 0. The Morgan fingerprint density at radius 2 is 2.25 bits per heavy atom. The summed E-state index contributed by atoms with van der Waals surface area (Å²) in [5, 5.41) is 6.60. The Bertz CT molecular complexity index is 254. The van der Waals surface area contributed by atoms with E-state index in [4.69, 9.17) is 0 Å². The summed E-state index contributed by atoms with van der Waals surface area (Å²) in [6.07, 6.45) is 5.72. The molecule has 92 valence electrons. The van der Waals surface area contributed by atoms with Gasteiger partial charge < -0.3 is 10.6 Å². The highest BCUT2D eigenvalue weighted by Gasteiger charge is 2.38. The average molecular weight is 224 g/mol. The Balaban J connectivity index is 1.72. The number of hydrogen-bond donors (Lipinski definition) is 2. The van der Waals surface area contributed by atoms with E-state index in [0.717, 1.165) is 25.3 Å². The Morgan fingerprint density at radius 3 is 2.94 bits per heavy atom. The van der Waals surface area contributed by atoms with Crippen LogP contribution >= 0.6 is 0 Å². The largest absolute Gasteiger partial charge is 0.353 e. The van der Waals surface area contributed by atoms with Gasteiger partial charge in [-0.05, 0) is 45.1 Å². The van der Waals surface area contributed by atoms with Crippen LogP contribution in [0.5, 0.6) is 0 Å². The molecular formula is C13H24N2O. The molecule has 0 bridgehead atoms. The number of amides is 1. The SMILES string of the molecule is CCCC1CC1NC(=O)C1CCNC(C)C1. The van der Waals surface area contributed by atoms with Crippen LogP contribution in [-0.4, -0.2) is 24.5 Å². The summed E-state index contributed by atoms with van der Waals surface area (Å²) >= 11 is 0. The lowest BCUT2D eigenvalue weighted by molar-refractivity contribution is -0.126. The van der Waals surface area contributed by atoms with Crippen molar-refractivity contribution in [1.29, 1.82) is 0 Å². The zero-order chi connectivity index (χ0) is 11.5. The quantitative estimate of drug-likeness (QED) is 0.763. The van der Waals surface area contributed by atoms with Crippen molar-refractivity contribution in [3.05, 3.63) is 0 Å². The standard InChI is InChI=1S/C13H24N2O/c1-3-4-10-8-12(10)15-13(16)11-5-6-14-9(2)7-11/h9-12,14H,3-8H2,1-2H3,(H,15,16). The molecule has 0 radical (unpaired) electrons. The van der Waals surface area contributed by atoms with Crippen LogP contribution in [0.3, 0.4) is 0 Å². The van der Waals surface area contributed by atoms with Gasteiger partial charge in [0.1, 0.15) is 0 Å². The fourth-order valence-electron chi connectivity index (χ4n) is 2.78. The number of carbonyl (C=O) groups is 1. The highest BCUT2D eigenvalue weighted by molar-refractivity contribution is 5.79. The summed E-state index contributed by atoms with van der Waals surface area (Å²) in [5.41, 5.74) is 0. The minimum Gasteiger partial charge on any atom is -0.353 e.